The van der Waals surface area contributed by atoms with Crippen molar-refractivity contribution in [2.75, 3.05) is 52.5 Å². The fourth-order valence-electron chi connectivity index (χ4n) is 4.02. The van der Waals surface area contributed by atoms with Crippen LogP contribution < -0.4 is 9.47 Å². The SMILES string of the molecule is O[C@H](COc1cccc(OC[C@@H](O)CN2CCCCC2)c1)CN1CCCCC1. The van der Waals surface area contributed by atoms with Gasteiger partial charge in [-0.05, 0) is 64.0 Å². The van der Waals surface area contributed by atoms with Gasteiger partial charge in [-0.25, -0.2) is 0 Å². The minimum absolute atomic E-state index is 0.275. The minimum Gasteiger partial charge on any atom is -0.491 e. The lowest BCUT2D eigenvalue weighted by Gasteiger charge is -2.28. The van der Waals surface area contributed by atoms with Crippen molar-refractivity contribution in [3.63, 3.8) is 0 Å². The maximum Gasteiger partial charge on any atom is 0.123 e. The van der Waals surface area contributed by atoms with Crippen LogP contribution in [0.25, 0.3) is 0 Å². The highest BCUT2D eigenvalue weighted by Crippen LogP contribution is 2.20. The molecule has 2 aliphatic rings. The first-order valence-corrected chi connectivity index (χ1v) is 10.9. The Morgan fingerprint density at radius 2 is 1.14 bits per heavy atom. The molecule has 2 fully saturated rings. The van der Waals surface area contributed by atoms with Gasteiger partial charge in [-0.1, -0.05) is 18.9 Å². The molecule has 0 aliphatic carbocycles. The summed E-state index contributed by atoms with van der Waals surface area (Å²) in [5.41, 5.74) is 0. The summed E-state index contributed by atoms with van der Waals surface area (Å²) in [6.07, 6.45) is 6.48. The fraction of sp³-hybridized carbons (Fsp3) is 0.727. The molecule has 2 atom stereocenters. The number of likely N-dealkylation sites (tertiary alicyclic amines) is 2. The molecule has 158 valence electrons. The third kappa shape index (κ3) is 7.59. The van der Waals surface area contributed by atoms with E-state index in [2.05, 4.69) is 9.80 Å². The Hall–Kier alpha value is -1.34. The first kappa shape index (κ1) is 21.4. The number of benzene rings is 1. The normalized spacial score (nSPS) is 21.2. The largest absolute Gasteiger partial charge is 0.491 e. The molecular weight excluding hydrogens is 356 g/mol. The summed E-state index contributed by atoms with van der Waals surface area (Å²) in [6.45, 7) is 6.16. The average molecular weight is 393 g/mol. The molecule has 0 aromatic heterocycles. The van der Waals surface area contributed by atoms with Gasteiger partial charge in [0.15, 0.2) is 0 Å². The second-order valence-corrected chi connectivity index (χ2v) is 8.13. The second kappa shape index (κ2) is 11.6. The summed E-state index contributed by atoms with van der Waals surface area (Å²) >= 11 is 0. The van der Waals surface area contributed by atoms with E-state index in [4.69, 9.17) is 9.47 Å². The summed E-state index contributed by atoms with van der Waals surface area (Å²) in [5, 5.41) is 20.5. The van der Waals surface area contributed by atoms with Crippen molar-refractivity contribution in [2.24, 2.45) is 0 Å². The number of hydrogen-bond donors (Lipinski definition) is 2. The number of β-amino-alcohol motifs (C(OH)–C–C–N with tert-alkyl or cyclic N) is 2. The summed E-state index contributed by atoms with van der Waals surface area (Å²) in [5.74, 6) is 1.36. The monoisotopic (exact) mass is 392 g/mol. The molecule has 28 heavy (non-hydrogen) atoms. The van der Waals surface area contributed by atoms with Crippen LogP contribution in [0, 0.1) is 0 Å². The molecule has 6 heteroatoms. The van der Waals surface area contributed by atoms with E-state index in [0.717, 1.165) is 26.2 Å². The molecular formula is C22H36N2O4. The van der Waals surface area contributed by atoms with Crippen LogP contribution in [0.15, 0.2) is 24.3 Å². The van der Waals surface area contributed by atoms with E-state index in [1.54, 1.807) is 0 Å². The fourth-order valence-corrected chi connectivity index (χ4v) is 4.02. The zero-order chi connectivity index (χ0) is 19.6. The van der Waals surface area contributed by atoms with Gasteiger partial charge in [0.25, 0.3) is 0 Å². The van der Waals surface area contributed by atoms with Crippen LogP contribution >= 0.6 is 0 Å². The van der Waals surface area contributed by atoms with E-state index in [1.807, 2.05) is 24.3 Å². The molecule has 0 unspecified atom stereocenters. The number of aliphatic hydroxyl groups excluding tert-OH is 2. The minimum atomic E-state index is -0.492. The van der Waals surface area contributed by atoms with Gasteiger partial charge in [0.05, 0.1) is 0 Å². The van der Waals surface area contributed by atoms with Crippen LogP contribution in [-0.4, -0.2) is 84.7 Å². The van der Waals surface area contributed by atoms with E-state index in [-0.39, 0.29) is 13.2 Å². The molecule has 0 bridgehead atoms. The smallest absolute Gasteiger partial charge is 0.123 e. The van der Waals surface area contributed by atoms with Crippen molar-refractivity contribution in [3.8, 4) is 11.5 Å². The average Bonchev–Trinajstić information content (AvgIpc) is 2.73. The number of hydrogen-bond acceptors (Lipinski definition) is 6. The lowest BCUT2D eigenvalue weighted by Crippen LogP contribution is -2.38. The number of aliphatic hydroxyl groups is 2. The Morgan fingerprint density at radius 3 is 1.57 bits per heavy atom. The second-order valence-electron chi connectivity index (χ2n) is 8.13. The van der Waals surface area contributed by atoms with Gasteiger partial charge in [0.1, 0.15) is 36.9 Å². The highest BCUT2D eigenvalue weighted by Gasteiger charge is 2.16. The molecule has 6 nitrogen and oxygen atoms in total. The summed E-state index contributed by atoms with van der Waals surface area (Å²) in [6, 6.07) is 7.43. The molecule has 0 amide bonds. The topological polar surface area (TPSA) is 65.4 Å². The molecule has 2 N–H and O–H groups in total. The van der Waals surface area contributed by atoms with E-state index < -0.39 is 12.2 Å². The predicted molar refractivity (Wildman–Crippen MR) is 110 cm³/mol. The summed E-state index contributed by atoms with van der Waals surface area (Å²) in [7, 11) is 0. The number of nitrogens with zero attached hydrogens (tertiary/aromatic N) is 2. The maximum atomic E-state index is 10.2. The van der Waals surface area contributed by atoms with Gasteiger partial charge in [0, 0.05) is 19.2 Å². The van der Waals surface area contributed by atoms with Crippen molar-refractivity contribution < 1.29 is 19.7 Å². The van der Waals surface area contributed by atoms with Crippen LogP contribution in [-0.2, 0) is 0 Å². The Balaban J connectivity index is 1.36. The van der Waals surface area contributed by atoms with Crippen LogP contribution in [0.2, 0.25) is 0 Å². The number of rotatable bonds is 10. The highest BCUT2D eigenvalue weighted by atomic mass is 16.5. The van der Waals surface area contributed by atoms with E-state index in [9.17, 15) is 10.2 Å². The van der Waals surface area contributed by atoms with Crippen molar-refractivity contribution in [2.45, 2.75) is 50.7 Å². The quantitative estimate of drug-likeness (QED) is 0.636. The number of piperidine rings is 2. The molecule has 0 radical (unpaired) electrons. The summed E-state index contributed by atoms with van der Waals surface area (Å²) in [4.78, 5) is 4.61. The Morgan fingerprint density at radius 1 is 0.714 bits per heavy atom. The third-order valence-electron chi connectivity index (χ3n) is 5.53. The van der Waals surface area contributed by atoms with Crippen LogP contribution in [0.1, 0.15) is 38.5 Å². The van der Waals surface area contributed by atoms with E-state index in [0.29, 0.717) is 24.6 Å². The zero-order valence-electron chi connectivity index (χ0n) is 17.0. The summed E-state index contributed by atoms with van der Waals surface area (Å²) < 4.78 is 11.5. The van der Waals surface area contributed by atoms with Gasteiger partial charge in [-0.3, -0.25) is 0 Å². The predicted octanol–water partition coefficient (Wildman–Crippen LogP) is 2.14. The molecule has 0 saturated carbocycles. The standard InChI is InChI=1S/C22H36N2O4/c25-19(15-23-10-3-1-4-11-23)17-27-21-8-7-9-22(14-21)28-18-20(26)16-24-12-5-2-6-13-24/h7-9,14,19-20,25-26H,1-6,10-13,15-18H2/t19-,20-/m0/s1. The molecule has 2 heterocycles. The van der Waals surface area contributed by atoms with Crippen molar-refractivity contribution in [1.29, 1.82) is 0 Å². The van der Waals surface area contributed by atoms with Crippen molar-refractivity contribution >= 4 is 0 Å². The Kier molecular flexibility index (Phi) is 8.86. The Labute approximate surface area is 169 Å². The van der Waals surface area contributed by atoms with Gasteiger partial charge < -0.3 is 29.5 Å². The Bertz CT molecular complexity index is 514. The molecule has 1 aromatic rings. The van der Waals surface area contributed by atoms with Crippen molar-refractivity contribution in [3.05, 3.63) is 24.3 Å². The van der Waals surface area contributed by atoms with E-state index >= 15 is 0 Å². The zero-order valence-corrected chi connectivity index (χ0v) is 17.0. The molecule has 3 rings (SSSR count). The van der Waals surface area contributed by atoms with Gasteiger partial charge >= 0.3 is 0 Å². The van der Waals surface area contributed by atoms with Crippen molar-refractivity contribution in [1.82, 2.24) is 9.80 Å². The highest BCUT2D eigenvalue weighted by molar-refractivity contribution is 5.33. The lowest BCUT2D eigenvalue weighted by molar-refractivity contribution is 0.0594. The molecule has 2 aliphatic heterocycles. The van der Waals surface area contributed by atoms with Crippen LogP contribution in [0.4, 0.5) is 0 Å². The van der Waals surface area contributed by atoms with Crippen LogP contribution in [0.3, 0.4) is 0 Å². The van der Waals surface area contributed by atoms with Crippen LogP contribution in [0.5, 0.6) is 11.5 Å². The third-order valence-corrected chi connectivity index (χ3v) is 5.53. The molecule has 2 saturated heterocycles. The van der Waals surface area contributed by atoms with Gasteiger partial charge in [0.2, 0.25) is 0 Å². The molecule has 0 spiro atoms. The lowest BCUT2D eigenvalue weighted by atomic mass is 10.1. The van der Waals surface area contributed by atoms with Gasteiger partial charge in [-0.2, -0.15) is 0 Å². The molecule has 1 aromatic carbocycles. The number of ether oxygens (including phenoxy) is 2. The first-order valence-electron chi connectivity index (χ1n) is 10.9. The van der Waals surface area contributed by atoms with Gasteiger partial charge in [-0.15, -0.1) is 0 Å². The maximum absolute atomic E-state index is 10.2. The van der Waals surface area contributed by atoms with E-state index in [1.165, 1.54) is 38.5 Å². The first-order chi connectivity index (χ1) is 13.7.